The monoisotopic (exact) mass is 316 g/mol. The number of benzene rings is 2. The Bertz CT molecular complexity index is 786. The third-order valence-electron chi connectivity index (χ3n) is 3.27. The largest absolute Gasteiger partial charge is 0.484 e. The van der Waals surface area contributed by atoms with Crippen LogP contribution in [0.4, 0.5) is 10.1 Å². The van der Waals surface area contributed by atoms with Gasteiger partial charge in [0.05, 0.1) is 16.6 Å². The van der Waals surface area contributed by atoms with E-state index in [1.807, 2.05) is 6.07 Å². The number of nitriles is 1. The maximum atomic E-state index is 13.1. The zero-order chi connectivity index (χ0) is 17.0. The standard InChI is InChI=1S/C16H13FN2O4/c1-10-6-12(17)3-4-13(10)15(20)9-23-16-5-2-11(8-18)7-14(16)19(21)22/h2-7,15,20H,9H2,1H3. The Balaban J connectivity index is 2.17. The number of hydrogen-bond donors (Lipinski definition) is 1. The molecule has 0 heterocycles. The van der Waals surface area contributed by atoms with Crippen LogP contribution in [0.25, 0.3) is 0 Å². The number of nitro groups is 1. The van der Waals surface area contributed by atoms with Gasteiger partial charge in [-0.15, -0.1) is 0 Å². The first-order valence-electron chi connectivity index (χ1n) is 6.68. The van der Waals surface area contributed by atoms with Crippen molar-refractivity contribution < 1.29 is 19.2 Å². The molecular formula is C16H13FN2O4. The number of hydrogen-bond acceptors (Lipinski definition) is 5. The van der Waals surface area contributed by atoms with Gasteiger partial charge in [-0.3, -0.25) is 10.1 Å². The molecule has 0 bridgehead atoms. The number of nitro benzene ring substituents is 1. The fourth-order valence-corrected chi connectivity index (χ4v) is 2.12. The summed E-state index contributed by atoms with van der Waals surface area (Å²) >= 11 is 0. The molecule has 0 aliphatic heterocycles. The molecule has 6 nitrogen and oxygen atoms in total. The molecule has 2 rings (SSSR count). The zero-order valence-corrected chi connectivity index (χ0v) is 12.2. The van der Waals surface area contributed by atoms with E-state index in [-0.39, 0.29) is 23.6 Å². The van der Waals surface area contributed by atoms with Gasteiger partial charge < -0.3 is 9.84 Å². The number of aliphatic hydroxyl groups excluding tert-OH is 1. The molecule has 2 aromatic rings. The van der Waals surface area contributed by atoms with Crippen molar-refractivity contribution >= 4 is 5.69 Å². The summed E-state index contributed by atoms with van der Waals surface area (Å²) < 4.78 is 18.4. The van der Waals surface area contributed by atoms with Gasteiger partial charge >= 0.3 is 5.69 Å². The number of nitrogens with zero attached hydrogens (tertiary/aromatic N) is 2. The fraction of sp³-hybridized carbons (Fsp3) is 0.188. The first kappa shape index (κ1) is 16.4. The lowest BCUT2D eigenvalue weighted by Crippen LogP contribution is -2.12. The lowest BCUT2D eigenvalue weighted by Gasteiger charge is -2.15. The van der Waals surface area contributed by atoms with E-state index in [0.29, 0.717) is 11.1 Å². The van der Waals surface area contributed by atoms with Crippen LogP contribution in [0.2, 0.25) is 0 Å². The first-order valence-corrected chi connectivity index (χ1v) is 6.68. The summed E-state index contributed by atoms with van der Waals surface area (Å²) in [4.78, 5) is 10.3. The Hall–Kier alpha value is -2.98. The summed E-state index contributed by atoms with van der Waals surface area (Å²) in [6.45, 7) is 1.41. The van der Waals surface area contributed by atoms with Gasteiger partial charge in [-0.25, -0.2) is 4.39 Å². The molecule has 0 radical (unpaired) electrons. The molecule has 0 fully saturated rings. The normalized spacial score (nSPS) is 11.6. The van der Waals surface area contributed by atoms with Gasteiger partial charge in [-0.1, -0.05) is 6.07 Å². The fourth-order valence-electron chi connectivity index (χ4n) is 2.12. The van der Waals surface area contributed by atoms with Crippen LogP contribution in [0.3, 0.4) is 0 Å². The van der Waals surface area contributed by atoms with Crippen LogP contribution in [0, 0.1) is 34.2 Å². The molecule has 118 valence electrons. The Morgan fingerprint density at radius 1 is 1.39 bits per heavy atom. The predicted octanol–water partition coefficient (Wildman–Crippen LogP) is 3.03. The third kappa shape index (κ3) is 3.81. The second kappa shape index (κ2) is 6.85. The Morgan fingerprint density at radius 2 is 2.13 bits per heavy atom. The average molecular weight is 316 g/mol. The maximum absolute atomic E-state index is 13.1. The van der Waals surface area contributed by atoms with Crippen molar-refractivity contribution in [2.45, 2.75) is 13.0 Å². The smallest absolute Gasteiger partial charge is 0.312 e. The third-order valence-corrected chi connectivity index (χ3v) is 3.27. The van der Waals surface area contributed by atoms with Crippen LogP contribution in [0.5, 0.6) is 5.75 Å². The number of aryl methyl sites for hydroxylation is 1. The number of aliphatic hydroxyl groups is 1. The SMILES string of the molecule is Cc1cc(F)ccc1C(O)COc1ccc(C#N)cc1[N+](=O)[O-]. The predicted molar refractivity (Wildman–Crippen MR) is 79.4 cm³/mol. The number of rotatable bonds is 5. The number of ether oxygens (including phenoxy) is 1. The van der Waals surface area contributed by atoms with Gasteiger partial charge in [-0.05, 0) is 42.3 Å². The summed E-state index contributed by atoms with van der Waals surface area (Å²) in [5, 5.41) is 29.9. The van der Waals surface area contributed by atoms with Crippen LogP contribution < -0.4 is 4.74 Å². The minimum absolute atomic E-state index is 0.0483. The van der Waals surface area contributed by atoms with Gasteiger partial charge in [0.2, 0.25) is 0 Å². The van der Waals surface area contributed by atoms with Gasteiger partial charge in [0.1, 0.15) is 18.5 Å². The topological polar surface area (TPSA) is 96.4 Å². The minimum Gasteiger partial charge on any atom is -0.484 e. The molecule has 0 saturated heterocycles. The molecule has 0 saturated carbocycles. The van der Waals surface area contributed by atoms with Crippen LogP contribution in [-0.2, 0) is 0 Å². The lowest BCUT2D eigenvalue weighted by molar-refractivity contribution is -0.386. The summed E-state index contributed by atoms with van der Waals surface area (Å²) in [6.07, 6.45) is -1.06. The van der Waals surface area contributed by atoms with E-state index in [2.05, 4.69) is 0 Å². The van der Waals surface area contributed by atoms with E-state index < -0.39 is 16.8 Å². The van der Waals surface area contributed by atoms with Crippen LogP contribution in [-0.4, -0.2) is 16.6 Å². The van der Waals surface area contributed by atoms with Crippen molar-refractivity contribution in [3.05, 3.63) is 69.0 Å². The van der Waals surface area contributed by atoms with Crippen molar-refractivity contribution in [3.63, 3.8) is 0 Å². The Kier molecular flexibility index (Phi) is 4.88. The first-order chi connectivity index (χ1) is 10.9. The highest BCUT2D eigenvalue weighted by atomic mass is 19.1. The summed E-state index contributed by atoms with van der Waals surface area (Å²) in [7, 11) is 0. The molecule has 7 heteroatoms. The molecule has 0 aliphatic rings. The second-order valence-corrected chi connectivity index (χ2v) is 4.88. The van der Waals surface area contributed by atoms with Crippen molar-refractivity contribution in [3.8, 4) is 11.8 Å². The number of halogens is 1. The van der Waals surface area contributed by atoms with Gasteiger partial charge in [0.15, 0.2) is 5.75 Å². The van der Waals surface area contributed by atoms with E-state index in [0.717, 1.165) is 6.07 Å². The van der Waals surface area contributed by atoms with E-state index >= 15 is 0 Å². The molecule has 2 aromatic carbocycles. The van der Waals surface area contributed by atoms with Crippen LogP contribution in [0.15, 0.2) is 36.4 Å². The highest BCUT2D eigenvalue weighted by Gasteiger charge is 2.18. The van der Waals surface area contributed by atoms with Crippen molar-refractivity contribution in [1.29, 1.82) is 5.26 Å². The van der Waals surface area contributed by atoms with Gasteiger partial charge in [-0.2, -0.15) is 5.26 Å². The highest BCUT2D eigenvalue weighted by molar-refractivity contribution is 5.51. The average Bonchev–Trinajstić information content (AvgIpc) is 2.52. The van der Waals surface area contributed by atoms with Gasteiger partial charge in [0, 0.05) is 6.07 Å². The van der Waals surface area contributed by atoms with Crippen molar-refractivity contribution in [2.75, 3.05) is 6.61 Å². The summed E-state index contributed by atoms with van der Waals surface area (Å²) in [5.41, 5.74) is 0.809. The molecule has 23 heavy (non-hydrogen) atoms. The molecule has 1 N–H and O–H groups in total. The molecule has 1 unspecified atom stereocenters. The van der Waals surface area contributed by atoms with Crippen LogP contribution >= 0.6 is 0 Å². The lowest BCUT2D eigenvalue weighted by atomic mass is 10.0. The molecule has 0 spiro atoms. The molecular weight excluding hydrogens is 303 g/mol. The molecule has 0 amide bonds. The molecule has 1 atom stereocenters. The van der Waals surface area contributed by atoms with Crippen molar-refractivity contribution in [1.82, 2.24) is 0 Å². The van der Waals surface area contributed by atoms with Crippen molar-refractivity contribution in [2.24, 2.45) is 0 Å². The molecule has 0 aliphatic carbocycles. The molecule has 0 aromatic heterocycles. The maximum Gasteiger partial charge on any atom is 0.312 e. The zero-order valence-electron chi connectivity index (χ0n) is 12.2. The van der Waals surface area contributed by atoms with E-state index in [9.17, 15) is 19.6 Å². The summed E-state index contributed by atoms with van der Waals surface area (Å²) in [6, 6.07) is 9.54. The van der Waals surface area contributed by atoms with Crippen LogP contribution in [0.1, 0.15) is 22.8 Å². The minimum atomic E-state index is -1.06. The van der Waals surface area contributed by atoms with E-state index in [1.54, 1.807) is 6.92 Å². The Labute approximate surface area is 131 Å². The van der Waals surface area contributed by atoms with E-state index in [1.165, 1.54) is 30.3 Å². The Morgan fingerprint density at radius 3 is 2.74 bits per heavy atom. The highest BCUT2D eigenvalue weighted by Crippen LogP contribution is 2.29. The second-order valence-electron chi connectivity index (χ2n) is 4.88. The van der Waals surface area contributed by atoms with E-state index in [4.69, 9.17) is 10.00 Å². The van der Waals surface area contributed by atoms with Gasteiger partial charge in [0.25, 0.3) is 0 Å². The quantitative estimate of drug-likeness (QED) is 0.675. The summed E-state index contributed by atoms with van der Waals surface area (Å²) in [5.74, 6) is -0.463.